The molecule has 258 valence electrons. The molecule has 0 amide bonds. The minimum Gasteiger partial charge on any atom is -0.309 e. The van der Waals surface area contributed by atoms with Crippen molar-refractivity contribution in [3.8, 4) is 44.8 Å². The average Bonchev–Trinajstić information content (AvgIpc) is 3.89. The first-order valence-corrected chi connectivity index (χ1v) is 19.4. The lowest BCUT2D eigenvalue weighted by Crippen LogP contribution is -1.96. The molecule has 0 fully saturated rings. The molecule has 12 aromatic rings. The quantitative estimate of drug-likeness (QED) is 0.173. The van der Waals surface area contributed by atoms with E-state index in [1.54, 1.807) is 0 Å². The Labute approximate surface area is 322 Å². The molecule has 0 bridgehead atoms. The van der Waals surface area contributed by atoms with Crippen LogP contribution in [0, 0.1) is 0 Å². The number of rotatable bonds is 3. The van der Waals surface area contributed by atoms with Gasteiger partial charge in [-0.25, -0.2) is 0 Å². The molecule has 0 atom stereocenters. The zero-order valence-corrected chi connectivity index (χ0v) is 30.4. The van der Waals surface area contributed by atoms with Crippen molar-refractivity contribution in [2.24, 2.45) is 0 Å². The smallest absolute Gasteiger partial charge is 0.0547 e. The Morgan fingerprint density at radius 1 is 0.268 bits per heavy atom. The normalized spacial score (nSPS) is 12.3. The van der Waals surface area contributed by atoms with Crippen LogP contribution in [0.1, 0.15) is 0 Å². The van der Waals surface area contributed by atoms with Crippen molar-refractivity contribution in [2.45, 2.75) is 0 Å². The summed E-state index contributed by atoms with van der Waals surface area (Å²) in [7, 11) is 0. The predicted octanol–water partition coefficient (Wildman–Crippen LogP) is 14.7. The maximum Gasteiger partial charge on any atom is 0.0547 e. The second-order valence-electron chi connectivity index (χ2n) is 15.3. The van der Waals surface area contributed by atoms with Crippen LogP contribution in [0.3, 0.4) is 0 Å². The molecule has 0 N–H and O–H groups in total. The van der Waals surface area contributed by atoms with Crippen molar-refractivity contribution in [1.82, 2.24) is 9.13 Å². The summed E-state index contributed by atoms with van der Waals surface area (Å²) in [5.74, 6) is 0. The predicted molar refractivity (Wildman–Crippen MR) is 238 cm³/mol. The highest BCUT2D eigenvalue weighted by Crippen LogP contribution is 2.49. The van der Waals surface area contributed by atoms with Crippen molar-refractivity contribution in [3.63, 3.8) is 0 Å². The lowest BCUT2D eigenvalue weighted by atomic mass is 9.98. The van der Waals surface area contributed by atoms with E-state index in [1.165, 1.54) is 121 Å². The van der Waals surface area contributed by atoms with E-state index in [0.29, 0.717) is 0 Å². The van der Waals surface area contributed by atoms with Gasteiger partial charge in [0.05, 0.1) is 27.8 Å². The van der Waals surface area contributed by atoms with Crippen LogP contribution in [-0.4, -0.2) is 9.13 Å². The van der Waals surface area contributed by atoms with Gasteiger partial charge in [0, 0.05) is 32.6 Å². The summed E-state index contributed by atoms with van der Waals surface area (Å²) in [6.07, 6.45) is 0. The first-order chi connectivity index (χ1) is 27.8. The molecule has 0 saturated carbocycles. The minimum atomic E-state index is 1.17. The zero-order valence-electron chi connectivity index (χ0n) is 30.4. The fourth-order valence-corrected chi connectivity index (χ4v) is 9.96. The third-order valence-electron chi connectivity index (χ3n) is 12.4. The monoisotopic (exact) mass is 708 g/mol. The maximum atomic E-state index is 2.51. The summed E-state index contributed by atoms with van der Waals surface area (Å²) in [5.41, 5.74) is 15.0. The van der Waals surface area contributed by atoms with E-state index in [2.05, 4.69) is 203 Å². The van der Waals surface area contributed by atoms with Gasteiger partial charge in [0.1, 0.15) is 0 Å². The number of para-hydroxylation sites is 1. The SMILES string of the molecule is c1ccc(-n2c3ccc(-c4ccc5c(c4)c4c6ccccc6ccc4n5-c4ccc5c6c(cccc46)-c4ccccc4-5)cc3c3cc4ccccc4cc32)cc1. The van der Waals surface area contributed by atoms with E-state index in [4.69, 9.17) is 0 Å². The number of hydrogen-bond acceptors (Lipinski definition) is 0. The molecule has 0 aliphatic heterocycles. The topological polar surface area (TPSA) is 9.86 Å². The molecule has 1 aliphatic rings. The summed E-state index contributed by atoms with van der Waals surface area (Å²) < 4.78 is 4.93. The van der Waals surface area contributed by atoms with Crippen LogP contribution in [0.15, 0.2) is 194 Å². The fourth-order valence-electron chi connectivity index (χ4n) is 9.96. The lowest BCUT2D eigenvalue weighted by molar-refractivity contribution is 1.18. The summed E-state index contributed by atoms with van der Waals surface area (Å²) in [5, 5.41) is 12.7. The summed E-state index contributed by atoms with van der Waals surface area (Å²) in [6, 6.07) is 72.1. The van der Waals surface area contributed by atoms with Gasteiger partial charge in [0.15, 0.2) is 0 Å². The molecule has 0 radical (unpaired) electrons. The van der Waals surface area contributed by atoms with Crippen LogP contribution in [-0.2, 0) is 0 Å². The lowest BCUT2D eigenvalue weighted by Gasteiger charge is -2.14. The number of benzene rings is 10. The molecule has 2 aromatic heterocycles. The first-order valence-electron chi connectivity index (χ1n) is 19.4. The van der Waals surface area contributed by atoms with E-state index >= 15 is 0 Å². The highest BCUT2D eigenvalue weighted by Gasteiger charge is 2.24. The molecule has 13 rings (SSSR count). The molecule has 2 heterocycles. The van der Waals surface area contributed by atoms with E-state index in [9.17, 15) is 0 Å². The Hall–Kier alpha value is -7.42. The van der Waals surface area contributed by atoms with Gasteiger partial charge in [-0.3, -0.25) is 0 Å². The van der Waals surface area contributed by atoms with Crippen LogP contribution in [0.4, 0.5) is 0 Å². The van der Waals surface area contributed by atoms with Crippen molar-refractivity contribution >= 4 is 75.9 Å². The van der Waals surface area contributed by atoms with Crippen LogP contribution in [0.5, 0.6) is 0 Å². The van der Waals surface area contributed by atoms with Crippen LogP contribution >= 0.6 is 0 Å². The number of fused-ring (bicyclic) bond motifs is 12. The molecular weight excluding hydrogens is 677 g/mol. The summed E-state index contributed by atoms with van der Waals surface area (Å²) in [4.78, 5) is 0. The summed E-state index contributed by atoms with van der Waals surface area (Å²) in [6.45, 7) is 0. The van der Waals surface area contributed by atoms with Gasteiger partial charge in [-0.2, -0.15) is 0 Å². The molecule has 0 saturated heterocycles. The van der Waals surface area contributed by atoms with Crippen LogP contribution < -0.4 is 0 Å². The van der Waals surface area contributed by atoms with E-state index in [-0.39, 0.29) is 0 Å². The van der Waals surface area contributed by atoms with Gasteiger partial charge >= 0.3 is 0 Å². The van der Waals surface area contributed by atoms with Crippen molar-refractivity contribution in [3.05, 3.63) is 194 Å². The second kappa shape index (κ2) is 11.1. The van der Waals surface area contributed by atoms with Crippen molar-refractivity contribution in [2.75, 3.05) is 0 Å². The molecule has 10 aromatic carbocycles. The van der Waals surface area contributed by atoms with Gasteiger partial charge in [0.25, 0.3) is 0 Å². The van der Waals surface area contributed by atoms with Gasteiger partial charge in [-0.05, 0) is 121 Å². The number of nitrogens with zero attached hydrogens (tertiary/aromatic N) is 2. The zero-order chi connectivity index (χ0) is 36.5. The minimum absolute atomic E-state index is 1.17. The third-order valence-corrected chi connectivity index (χ3v) is 12.4. The van der Waals surface area contributed by atoms with E-state index in [0.717, 1.165) is 0 Å². The molecule has 1 aliphatic carbocycles. The average molecular weight is 709 g/mol. The Bertz CT molecular complexity index is 3610. The Balaban J connectivity index is 1.08. The van der Waals surface area contributed by atoms with Gasteiger partial charge < -0.3 is 9.13 Å². The van der Waals surface area contributed by atoms with Gasteiger partial charge in [-0.1, -0.05) is 133 Å². The first kappa shape index (κ1) is 30.0. The largest absolute Gasteiger partial charge is 0.309 e. The fraction of sp³-hybridized carbons (Fsp3) is 0. The standard InChI is InChI=1S/C54H32N2/c1-2-14-38(15-3-1)55-49-25-22-36(30-45(49)46-29-34-12-4-5-13-35(34)32-52(46)55)37-23-26-50-47(31-37)54-39-16-7-6-11-33(39)21-27-51(54)56(50)48-28-24-43-41-18-9-8-17-40(41)42-19-10-20-44(48)53(42)43/h1-32H. The maximum absolute atomic E-state index is 2.51. The van der Waals surface area contributed by atoms with Crippen molar-refractivity contribution in [1.29, 1.82) is 0 Å². The molecule has 0 unspecified atom stereocenters. The Morgan fingerprint density at radius 3 is 1.66 bits per heavy atom. The van der Waals surface area contributed by atoms with E-state index in [1.807, 2.05) is 0 Å². The number of hydrogen-bond donors (Lipinski definition) is 0. The Kier molecular flexibility index (Phi) is 5.92. The highest BCUT2D eigenvalue weighted by atomic mass is 15.0. The van der Waals surface area contributed by atoms with Gasteiger partial charge in [0.2, 0.25) is 0 Å². The van der Waals surface area contributed by atoms with Crippen LogP contribution in [0.25, 0.3) is 121 Å². The molecule has 0 spiro atoms. The van der Waals surface area contributed by atoms with Crippen LogP contribution in [0.2, 0.25) is 0 Å². The molecule has 2 heteroatoms. The molecule has 56 heavy (non-hydrogen) atoms. The van der Waals surface area contributed by atoms with Crippen molar-refractivity contribution < 1.29 is 0 Å². The molecule has 2 nitrogen and oxygen atoms in total. The third kappa shape index (κ3) is 4.00. The van der Waals surface area contributed by atoms with E-state index < -0.39 is 0 Å². The molecular formula is C54H32N2. The Morgan fingerprint density at radius 2 is 0.857 bits per heavy atom. The highest BCUT2D eigenvalue weighted by molar-refractivity contribution is 6.24. The second-order valence-corrected chi connectivity index (χ2v) is 15.3. The number of aromatic nitrogens is 2. The van der Waals surface area contributed by atoms with Gasteiger partial charge in [-0.15, -0.1) is 0 Å². The summed E-state index contributed by atoms with van der Waals surface area (Å²) >= 11 is 0.